The Labute approximate surface area is 153 Å². The van der Waals surface area contributed by atoms with Crippen molar-refractivity contribution in [2.24, 2.45) is 17.3 Å². The molecule has 0 bridgehead atoms. The minimum absolute atomic E-state index is 0.0722. The summed E-state index contributed by atoms with van der Waals surface area (Å²) < 4.78 is 10.9. The van der Waals surface area contributed by atoms with E-state index in [2.05, 4.69) is 0 Å². The maximum Gasteiger partial charge on any atom is 0.323 e. The van der Waals surface area contributed by atoms with Crippen molar-refractivity contribution in [1.29, 1.82) is 0 Å². The van der Waals surface area contributed by atoms with Crippen LogP contribution in [0.2, 0.25) is 0 Å². The predicted molar refractivity (Wildman–Crippen MR) is 98.1 cm³/mol. The van der Waals surface area contributed by atoms with Crippen LogP contribution in [0, 0.1) is 17.3 Å². The molecule has 144 valence electrons. The van der Waals surface area contributed by atoms with Crippen molar-refractivity contribution >= 4 is 11.9 Å². The average Bonchev–Trinajstić information content (AvgIpc) is 2.64. The third-order valence-electron chi connectivity index (χ3n) is 6.25. The first-order valence-electron chi connectivity index (χ1n) is 10.5. The van der Waals surface area contributed by atoms with Crippen LogP contribution < -0.4 is 0 Å². The van der Waals surface area contributed by atoms with Crippen LogP contribution in [0.4, 0.5) is 0 Å². The Bertz CT molecular complexity index is 402. The molecule has 0 aromatic rings. The van der Waals surface area contributed by atoms with E-state index in [9.17, 15) is 9.59 Å². The molecule has 0 spiro atoms. The molecule has 2 aliphatic carbocycles. The van der Waals surface area contributed by atoms with E-state index in [0.717, 1.165) is 32.1 Å². The molecule has 2 saturated carbocycles. The highest BCUT2D eigenvalue weighted by Gasteiger charge is 2.54. The summed E-state index contributed by atoms with van der Waals surface area (Å²) >= 11 is 0. The van der Waals surface area contributed by atoms with Gasteiger partial charge in [0.15, 0.2) is 5.41 Å². The number of hydrogen-bond donors (Lipinski definition) is 0. The first-order chi connectivity index (χ1) is 12.1. The fraction of sp³-hybridized carbons (Fsp3) is 0.905. The molecule has 0 atom stereocenters. The van der Waals surface area contributed by atoms with E-state index in [1.54, 1.807) is 0 Å². The second kappa shape index (κ2) is 10.2. The molecule has 0 heterocycles. The SMILES string of the molecule is CCOC(=O)C(CCC1CCCCC1)(C(=O)OCC)C1CCCCC1. The molecule has 0 radical (unpaired) electrons. The minimum Gasteiger partial charge on any atom is -0.465 e. The van der Waals surface area contributed by atoms with Gasteiger partial charge in [-0.3, -0.25) is 9.59 Å². The summed E-state index contributed by atoms with van der Waals surface area (Å²) in [5.41, 5.74) is -1.08. The smallest absolute Gasteiger partial charge is 0.323 e. The molecular weight excluding hydrogens is 316 g/mol. The molecule has 0 N–H and O–H groups in total. The molecule has 4 nitrogen and oxygen atoms in total. The molecule has 0 aliphatic heterocycles. The highest BCUT2D eigenvalue weighted by molar-refractivity contribution is 6.00. The van der Waals surface area contributed by atoms with Crippen LogP contribution in [-0.4, -0.2) is 25.2 Å². The van der Waals surface area contributed by atoms with Crippen molar-refractivity contribution in [2.75, 3.05) is 13.2 Å². The van der Waals surface area contributed by atoms with Gasteiger partial charge in [0, 0.05) is 0 Å². The summed E-state index contributed by atoms with van der Waals surface area (Å²) in [6, 6.07) is 0. The van der Waals surface area contributed by atoms with Crippen molar-refractivity contribution in [3.8, 4) is 0 Å². The summed E-state index contributed by atoms with van der Waals surface area (Å²) in [7, 11) is 0. The lowest BCUT2D eigenvalue weighted by atomic mass is 9.65. The van der Waals surface area contributed by atoms with Crippen LogP contribution in [0.1, 0.15) is 90.9 Å². The van der Waals surface area contributed by atoms with Crippen LogP contribution in [0.25, 0.3) is 0 Å². The van der Waals surface area contributed by atoms with Gasteiger partial charge < -0.3 is 9.47 Å². The van der Waals surface area contributed by atoms with Gasteiger partial charge in [-0.2, -0.15) is 0 Å². The third-order valence-corrected chi connectivity index (χ3v) is 6.25. The Hall–Kier alpha value is -1.06. The zero-order valence-corrected chi connectivity index (χ0v) is 16.2. The number of ether oxygens (including phenoxy) is 2. The molecule has 4 heteroatoms. The normalized spacial score (nSPS) is 20.2. The molecule has 0 aromatic carbocycles. The topological polar surface area (TPSA) is 52.6 Å². The van der Waals surface area contributed by atoms with Crippen LogP contribution in [0.15, 0.2) is 0 Å². The summed E-state index contributed by atoms with van der Waals surface area (Å²) in [6.45, 7) is 4.26. The fourth-order valence-electron chi connectivity index (χ4n) is 4.85. The first kappa shape index (κ1) is 20.3. The van der Waals surface area contributed by atoms with Crippen LogP contribution in [-0.2, 0) is 19.1 Å². The van der Waals surface area contributed by atoms with Gasteiger partial charge in [-0.25, -0.2) is 0 Å². The van der Waals surface area contributed by atoms with Gasteiger partial charge >= 0.3 is 11.9 Å². The van der Waals surface area contributed by atoms with E-state index in [1.165, 1.54) is 38.5 Å². The van der Waals surface area contributed by atoms with Gasteiger partial charge in [0.25, 0.3) is 0 Å². The Morgan fingerprint density at radius 1 is 0.800 bits per heavy atom. The highest BCUT2D eigenvalue weighted by atomic mass is 16.6. The summed E-state index contributed by atoms with van der Waals surface area (Å²) in [5, 5.41) is 0. The first-order valence-corrected chi connectivity index (χ1v) is 10.5. The lowest BCUT2D eigenvalue weighted by molar-refractivity contribution is -0.179. The van der Waals surface area contributed by atoms with Crippen LogP contribution in [0.3, 0.4) is 0 Å². The van der Waals surface area contributed by atoms with Gasteiger partial charge in [-0.05, 0) is 51.4 Å². The van der Waals surface area contributed by atoms with Crippen molar-refractivity contribution in [3.05, 3.63) is 0 Å². The van der Waals surface area contributed by atoms with Crippen molar-refractivity contribution < 1.29 is 19.1 Å². The number of hydrogen-bond acceptors (Lipinski definition) is 4. The largest absolute Gasteiger partial charge is 0.465 e. The number of rotatable bonds is 8. The van der Waals surface area contributed by atoms with Gasteiger partial charge in [0.1, 0.15) is 0 Å². The number of carbonyl (C=O) groups is 2. The van der Waals surface area contributed by atoms with Crippen LogP contribution >= 0.6 is 0 Å². The monoisotopic (exact) mass is 352 g/mol. The minimum atomic E-state index is -1.08. The third kappa shape index (κ3) is 4.98. The lowest BCUT2D eigenvalue weighted by Gasteiger charge is -2.39. The van der Waals surface area contributed by atoms with E-state index in [1.807, 2.05) is 13.8 Å². The molecule has 0 amide bonds. The van der Waals surface area contributed by atoms with Gasteiger partial charge in [0.2, 0.25) is 0 Å². The van der Waals surface area contributed by atoms with Gasteiger partial charge in [-0.1, -0.05) is 51.4 Å². The standard InChI is InChI=1S/C21H36O4/c1-3-24-19(22)21(20(23)25-4-2,18-13-9-6-10-14-18)16-15-17-11-7-5-8-12-17/h17-18H,3-16H2,1-2H3. The van der Waals surface area contributed by atoms with Crippen LogP contribution in [0.5, 0.6) is 0 Å². The molecule has 0 aromatic heterocycles. The molecular formula is C21H36O4. The molecule has 0 unspecified atom stereocenters. The molecule has 0 saturated heterocycles. The predicted octanol–water partition coefficient (Wildman–Crippen LogP) is 5.04. The van der Waals surface area contributed by atoms with Crippen molar-refractivity contribution in [1.82, 2.24) is 0 Å². The van der Waals surface area contributed by atoms with Gasteiger partial charge in [-0.15, -0.1) is 0 Å². The summed E-state index contributed by atoms with van der Waals surface area (Å²) in [6.07, 6.45) is 13.1. The van der Waals surface area contributed by atoms with Crippen molar-refractivity contribution in [2.45, 2.75) is 90.9 Å². The van der Waals surface area contributed by atoms with E-state index in [0.29, 0.717) is 25.6 Å². The number of esters is 2. The fourth-order valence-corrected chi connectivity index (χ4v) is 4.85. The number of carbonyl (C=O) groups excluding carboxylic acids is 2. The molecule has 2 rings (SSSR count). The van der Waals surface area contributed by atoms with E-state index >= 15 is 0 Å². The summed E-state index contributed by atoms with van der Waals surface area (Å²) in [4.78, 5) is 26.1. The average molecular weight is 353 g/mol. The summed E-state index contributed by atoms with van der Waals surface area (Å²) in [5.74, 6) is 0.0378. The second-order valence-electron chi connectivity index (χ2n) is 7.79. The Morgan fingerprint density at radius 2 is 1.28 bits per heavy atom. The van der Waals surface area contributed by atoms with E-state index in [-0.39, 0.29) is 17.9 Å². The van der Waals surface area contributed by atoms with E-state index < -0.39 is 5.41 Å². The maximum atomic E-state index is 13.0. The molecule has 2 aliphatic rings. The second-order valence-corrected chi connectivity index (χ2v) is 7.79. The Kier molecular flexibility index (Phi) is 8.25. The quantitative estimate of drug-likeness (QED) is 0.453. The Balaban J connectivity index is 2.23. The zero-order valence-electron chi connectivity index (χ0n) is 16.2. The molecule has 2 fully saturated rings. The zero-order chi connectivity index (χ0) is 18.1. The maximum absolute atomic E-state index is 13.0. The lowest BCUT2D eigenvalue weighted by Crippen LogP contribution is -2.49. The van der Waals surface area contributed by atoms with Crippen molar-refractivity contribution in [3.63, 3.8) is 0 Å². The Morgan fingerprint density at radius 3 is 1.76 bits per heavy atom. The molecule has 25 heavy (non-hydrogen) atoms. The highest BCUT2D eigenvalue weighted by Crippen LogP contribution is 2.45. The van der Waals surface area contributed by atoms with Gasteiger partial charge in [0.05, 0.1) is 13.2 Å². The van der Waals surface area contributed by atoms with E-state index in [4.69, 9.17) is 9.47 Å².